The van der Waals surface area contributed by atoms with E-state index in [1.807, 2.05) is 0 Å². The largest absolute Gasteiger partial charge is 0.0713 e. The van der Waals surface area contributed by atoms with E-state index >= 15 is 0 Å². The van der Waals surface area contributed by atoms with Gasteiger partial charge in [0.05, 0.1) is 5.41 Å². The molecule has 0 radical (unpaired) electrons. The molecule has 0 nitrogen and oxygen atoms in total. The Hall–Kier alpha value is -3.90. The van der Waals surface area contributed by atoms with Crippen molar-refractivity contribution in [1.29, 1.82) is 0 Å². The van der Waals surface area contributed by atoms with Crippen molar-refractivity contribution in [3.63, 3.8) is 0 Å². The van der Waals surface area contributed by atoms with E-state index in [-0.39, 0.29) is 5.41 Å². The summed E-state index contributed by atoms with van der Waals surface area (Å²) < 4.78 is 0. The van der Waals surface area contributed by atoms with Gasteiger partial charge in [-0.3, -0.25) is 0 Å². The highest BCUT2D eigenvalue weighted by molar-refractivity contribution is 5.95. The van der Waals surface area contributed by atoms with Gasteiger partial charge in [-0.1, -0.05) is 153 Å². The summed E-state index contributed by atoms with van der Waals surface area (Å²) in [6, 6.07) is 44.8. The molecule has 1 aliphatic carbocycles. The van der Waals surface area contributed by atoms with E-state index in [1.165, 1.54) is 62.1 Å². The van der Waals surface area contributed by atoms with E-state index < -0.39 is 0 Å². The molecule has 0 spiro atoms. The normalized spacial score (nSPS) is 12.8. The van der Waals surface area contributed by atoms with Crippen LogP contribution in [-0.2, 0) is 5.41 Å². The van der Waals surface area contributed by atoms with Crippen molar-refractivity contribution in [2.45, 2.75) is 39.5 Å². The van der Waals surface area contributed by atoms with E-state index in [4.69, 9.17) is 0 Å². The molecule has 36 heavy (non-hydrogen) atoms. The van der Waals surface area contributed by atoms with Crippen LogP contribution in [0.2, 0.25) is 0 Å². The maximum absolute atomic E-state index is 2.33. The zero-order chi connectivity index (χ0) is 25.1. The fraction of sp³-hybridized carbons (Fsp3) is 0.167. The Labute approximate surface area is 216 Å². The zero-order valence-corrected chi connectivity index (χ0v) is 21.8. The van der Waals surface area contributed by atoms with Crippen LogP contribution in [0.4, 0.5) is 0 Å². The standard InChI is InChI=1S/C33H26.C3H8/c1-23-15-19-26(20-16-23)33(27-21-17-24(2)18-22-27)30-13-7-6-11-29(30)32-28(12-8-14-31(32)33)25-9-4-3-5-10-25;1-3-2/h3-22H,1-2H3;3H2,1-2H3. The second-order valence-corrected chi connectivity index (χ2v) is 9.83. The number of benzene rings is 5. The second-order valence-electron chi connectivity index (χ2n) is 9.83. The molecule has 178 valence electrons. The van der Waals surface area contributed by atoms with Gasteiger partial charge in [0, 0.05) is 0 Å². The number of aryl methyl sites for hydroxylation is 2. The first-order chi connectivity index (χ1) is 17.6. The van der Waals surface area contributed by atoms with Gasteiger partial charge >= 0.3 is 0 Å². The molecule has 0 amide bonds. The van der Waals surface area contributed by atoms with Crippen LogP contribution in [0.3, 0.4) is 0 Å². The Morgan fingerprint density at radius 1 is 0.472 bits per heavy atom. The number of hydrogen-bond acceptors (Lipinski definition) is 0. The molecule has 1 aliphatic rings. The Morgan fingerprint density at radius 3 is 1.53 bits per heavy atom. The van der Waals surface area contributed by atoms with Gasteiger partial charge in [0.2, 0.25) is 0 Å². The van der Waals surface area contributed by atoms with Crippen LogP contribution < -0.4 is 0 Å². The van der Waals surface area contributed by atoms with Gasteiger partial charge in [-0.15, -0.1) is 0 Å². The fourth-order valence-corrected chi connectivity index (χ4v) is 5.58. The summed E-state index contributed by atoms with van der Waals surface area (Å²) >= 11 is 0. The molecular formula is C36H34. The summed E-state index contributed by atoms with van der Waals surface area (Å²) in [7, 11) is 0. The molecule has 0 aromatic heterocycles. The Balaban J connectivity index is 0.000000848. The molecular weight excluding hydrogens is 432 g/mol. The maximum atomic E-state index is 2.33. The van der Waals surface area contributed by atoms with E-state index in [0.29, 0.717) is 0 Å². The minimum atomic E-state index is -0.349. The number of hydrogen-bond donors (Lipinski definition) is 0. The number of fused-ring (bicyclic) bond motifs is 3. The molecule has 0 heterocycles. The second kappa shape index (κ2) is 9.99. The molecule has 0 saturated heterocycles. The summed E-state index contributed by atoms with van der Waals surface area (Å²) in [4.78, 5) is 0. The first-order valence-electron chi connectivity index (χ1n) is 13.0. The van der Waals surface area contributed by atoms with Gasteiger partial charge in [-0.2, -0.15) is 0 Å². The molecule has 0 bridgehead atoms. The fourth-order valence-electron chi connectivity index (χ4n) is 5.58. The molecule has 6 rings (SSSR count). The highest BCUT2D eigenvalue weighted by Crippen LogP contribution is 2.58. The third-order valence-corrected chi connectivity index (χ3v) is 7.12. The van der Waals surface area contributed by atoms with Crippen molar-refractivity contribution in [3.05, 3.63) is 155 Å². The maximum Gasteiger partial charge on any atom is 0.0713 e. The van der Waals surface area contributed by atoms with Gasteiger partial charge in [0.25, 0.3) is 0 Å². The number of rotatable bonds is 3. The smallest absolute Gasteiger partial charge is 0.0656 e. The summed E-state index contributed by atoms with van der Waals surface area (Å²) in [5.41, 5.74) is 12.8. The Bertz CT molecular complexity index is 1410. The van der Waals surface area contributed by atoms with E-state index in [2.05, 4.69) is 149 Å². The first kappa shape index (κ1) is 23.8. The summed E-state index contributed by atoms with van der Waals surface area (Å²) in [6.07, 6.45) is 1.25. The van der Waals surface area contributed by atoms with Crippen LogP contribution in [-0.4, -0.2) is 0 Å². The van der Waals surface area contributed by atoms with Crippen molar-refractivity contribution in [1.82, 2.24) is 0 Å². The highest BCUT2D eigenvalue weighted by atomic mass is 14.5. The average molecular weight is 467 g/mol. The molecule has 0 N–H and O–H groups in total. The van der Waals surface area contributed by atoms with E-state index in [9.17, 15) is 0 Å². The lowest BCUT2D eigenvalue weighted by atomic mass is 9.67. The summed E-state index contributed by atoms with van der Waals surface area (Å²) in [5, 5.41) is 0. The summed E-state index contributed by atoms with van der Waals surface area (Å²) in [5.74, 6) is 0. The van der Waals surface area contributed by atoms with Crippen LogP contribution in [0, 0.1) is 13.8 Å². The third kappa shape index (κ3) is 3.88. The average Bonchev–Trinajstić information content (AvgIpc) is 3.22. The van der Waals surface area contributed by atoms with Gasteiger partial charge in [-0.25, -0.2) is 0 Å². The minimum absolute atomic E-state index is 0.349. The SMILES string of the molecule is CCC.Cc1ccc(C2(c3ccc(C)cc3)c3ccccc3-c3c(-c4ccccc4)cccc32)cc1. The van der Waals surface area contributed by atoms with E-state index in [1.54, 1.807) is 0 Å². The van der Waals surface area contributed by atoms with Crippen molar-refractivity contribution in [2.24, 2.45) is 0 Å². The van der Waals surface area contributed by atoms with Gasteiger partial charge in [-0.05, 0) is 58.4 Å². The lowest BCUT2D eigenvalue weighted by molar-refractivity contribution is 0.767. The van der Waals surface area contributed by atoms with Crippen LogP contribution >= 0.6 is 0 Å². The van der Waals surface area contributed by atoms with Gasteiger partial charge in [0.15, 0.2) is 0 Å². The van der Waals surface area contributed by atoms with Crippen molar-refractivity contribution < 1.29 is 0 Å². The van der Waals surface area contributed by atoms with Gasteiger partial charge in [0.1, 0.15) is 0 Å². The Kier molecular flexibility index (Phi) is 6.61. The van der Waals surface area contributed by atoms with Crippen molar-refractivity contribution in [2.75, 3.05) is 0 Å². The highest BCUT2D eigenvalue weighted by Gasteiger charge is 2.46. The van der Waals surface area contributed by atoms with E-state index in [0.717, 1.165) is 0 Å². The molecule has 0 unspecified atom stereocenters. The van der Waals surface area contributed by atoms with Crippen LogP contribution in [0.1, 0.15) is 53.6 Å². The first-order valence-corrected chi connectivity index (χ1v) is 13.0. The van der Waals surface area contributed by atoms with Gasteiger partial charge < -0.3 is 0 Å². The lowest BCUT2D eigenvalue weighted by Crippen LogP contribution is -2.28. The van der Waals surface area contributed by atoms with Crippen molar-refractivity contribution >= 4 is 0 Å². The van der Waals surface area contributed by atoms with Crippen LogP contribution in [0.5, 0.6) is 0 Å². The molecule has 0 atom stereocenters. The third-order valence-electron chi connectivity index (χ3n) is 7.12. The lowest BCUT2D eigenvalue weighted by Gasteiger charge is -2.34. The van der Waals surface area contributed by atoms with Crippen molar-refractivity contribution in [3.8, 4) is 22.3 Å². The molecule has 5 aromatic rings. The molecule has 0 saturated carbocycles. The molecule has 0 fully saturated rings. The summed E-state index contributed by atoms with van der Waals surface area (Å²) in [6.45, 7) is 8.57. The quantitative estimate of drug-likeness (QED) is 0.243. The van der Waals surface area contributed by atoms with Crippen LogP contribution in [0.25, 0.3) is 22.3 Å². The predicted molar refractivity (Wildman–Crippen MR) is 155 cm³/mol. The zero-order valence-electron chi connectivity index (χ0n) is 21.8. The monoisotopic (exact) mass is 466 g/mol. The van der Waals surface area contributed by atoms with Crippen LogP contribution in [0.15, 0.2) is 121 Å². The molecule has 0 heteroatoms. The molecule has 0 aliphatic heterocycles. The predicted octanol–water partition coefficient (Wildman–Crippen LogP) is 9.75. The topological polar surface area (TPSA) is 0 Å². The Morgan fingerprint density at radius 2 is 0.944 bits per heavy atom. The minimum Gasteiger partial charge on any atom is -0.0656 e. The molecule has 5 aromatic carbocycles.